The van der Waals surface area contributed by atoms with Gasteiger partial charge in [-0.3, -0.25) is 9.69 Å². The predicted octanol–water partition coefficient (Wildman–Crippen LogP) is -0.896. The Bertz CT molecular complexity index is 207. The van der Waals surface area contributed by atoms with Gasteiger partial charge in [-0.1, -0.05) is 0 Å². The monoisotopic (exact) mass is 156 g/mol. The van der Waals surface area contributed by atoms with E-state index in [2.05, 4.69) is 0 Å². The molecule has 0 bridgehead atoms. The van der Waals surface area contributed by atoms with Gasteiger partial charge >= 0.3 is 5.97 Å². The lowest BCUT2D eigenvalue weighted by atomic mass is 9.92. The molecule has 0 aromatic rings. The summed E-state index contributed by atoms with van der Waals surface area (Å²) >= 11 is 0. The third-order valence-corrected chi connectivity index (χ3v) is 2.97. The van der Waals surface area contributed by atoms with Crippen molar-refractivity contribution < 1.29 is 9.90 Å². The summed E-state index contributed by atoms with van der Waals surface area (Å²) < 4.78 is 0. The summed E-state index contributed by atoms with van der Waals surface area (Å²) in [6.45, 7) is 2.13. The van der Waals surface area contributed by atoms with Crippen LogP contribution in [0.2, 0.25) is 0 Å². The van der Waals surface area contributed by atoms with Crippen molar-refractivity contribution in [2.24, 2.45) is 11.7 Å². The third-order valence-electron chi connectivity index (χ3n) is 2.97. The number of fused-ring (bicyclic) bond motifs is 1. The normalized spacial score (nSPS) is 47.0. The van der Waals surface area contributed by atoms with Gasteiger partial charge in [0.1, 0.15) is 5.54 Å². The molecule has 0 radical (unpaired) electrons. The molecule has 3 atom stereocenters. The van der Waals surface area contributed by atoms with Gasteiger partial charge in [0.2, 0.25) is 0 Å². The highest BCUT2D eigenvalue weighted by atomic mass is 16.4. The second-order valence-corrected chi connectivity index (χ2v) is 3.37. The van der Waals surface area contributed by atoms with Crippen molar-refractivity contribution in [1.29, 1.82) is 0 Å². The fourth-order valence-corrected chi connectivity index (χ4v) is 2.16. The topological polar surface area (TPSA) is 66.3 Å². The Morgan fingerprint density at radius 3 is 2.91 bits per heavy atom. The number of rotatable bonds is 2. The highest BCUT2D eigenvalue weighted by molar-refractivity contribution is 5.84. The largest absolute Gasteiger partial charge is 0.480 e. The smallest absolute Gasteiger partial charge is 0.325 e. The molecule has 0 aromatic carbocycles. The van der Waals surface area contributed by atoms with E-state index in [0.29, 0.717) is 13.1 Å². The molecule has 4 heteroatoms. The Hall–Kier alpha value is -0.610. The third kappa shape index (κ3) is 0.684. The molecule has 2 aliphatic heterocycles. The van der Waals surface area contributed by atoms with Crippen LogP contribution in [0.5, 0.6) is 0 Å². The lowest BCUT2D eigenvalue weighted by Crippen LogP contribution is -2.36. The van der Waals surface area contributed by atoms with Crippen molar-refractivity contribution in [2.75, 3.05) is 19.6 Å². The minimum atomic E-state index is -0.689. The average molecular weight is 156 g/mol. The Morgan fingerprint density at radius 1 is 1.82 bits per heavy atom. The quantitative estimate of drug-likeness (QED) is 0.509. The number of hydrogen-bond donors (Lipinski definition) is 2. The zero-order valence-electron chi connectivity index (χ0n) is 6.29. The van der Waals surface area contributed by atoms with E-state index in [9.17, 15) is 4.79 Å². The maximum absolute atomic E-state index is 10.8. The highest BCUT2D eigenvalue weighted by Crippen LogP contribution is 2.46. The fraction of sp³-hybridized carbons (Fsp3) is 0.857. The molecule has 2 unspecified atom stereocenters. The first-order chi connectivity index (χ1) is 5.21. The second-order valence-electron chi connectivity index (χ2n) is 3.37. The Morgan fingerprint density at radius 2 is 2.55 bits per heavy atom. The number of nitrogens with zero attached hydrogens (tertiary/aromatic N) is 1. The van der Waals surface area contributed by atoms with E-state index in [1.54, 1.807) is 0 Å². The molecular formula is C7H12N2O2. The summed E-state index contributed by atoms with van der Waals surface area (Å²) in [6, 6.07) is 0. The van der Waals surface area contributed by atoms with Gasteiger partial charge in [0, 0.05) is 12.5 Å². The van der Waals surface area contributed by atoms with Gasteiger partial charge in [0.15, 0.2) is 0 Å². The molecule has 0 spiro atoms. The van der Waals surface area contributed by atoms with Crippen molar-refractivity contribution in [2.45, 2.75) is 12.0 Å². The summed E-state index contributed by atoms with van der Waals surface area (Å²) in [6.07, 6.45) is 0.947. The molecule has 2 aliphatic rings. The molecule has 11 heavy (non-hydrogen) atoms. The number of carboxylic acid groups (broad SMARTS) is 1. The van der Waals surface area contributed by atoms with E-state index >= 15 is 0 Å². The van der Waals surface area contributed by atoms with Crippen LogP contribution < -0.4 is 5.73 Å². The van der Waals surface area contributed by atoms with E-state index in [-0.39, 0.29) is 5.92 Å². The molecule has 62 valence electrons. The van der Waals surface area contributed by atoms with Crippen LogP contribution in [0.1, 0.15) is 6.42 Å². The number of hydrogen-bond acceptors (Lipinski definition) is 3. The standard InChI is InChI=1S/C7H12N2O2/c8-3-5-1-2-9-4-7(5,9)6(10)11/h5H,1-4,8H2,(H,10,11)/t5?,7-,9?/m0/s1. The molecule has 0 aliphatic carbocycles. The van der Waals surface area contributed by atoms with E-state index < -0.39 is 11.5 Å². The van der Waals surface area contributed by atoms with Crippen LogP contribution in [-0.2, 0) is 4.79 Å². The van der Waals surface area contributed by atoms with Crippen LogP contribution >= 0.6 is 0 Å². The number of aliphatic carboxylic acids is 1. The average Bonchev–Trinajstić information content (AvgIpc) is 2.60. The molecule has 2 fully saturated rings. The molecular weight excluding hydrogens is 144 g/mol. The van der Waals surface area contributed by atoms with Crippen molar-refractivity contribution in [1.82, 2.24) is 4.90 Å². The van der Waals surface area contributed by atoms with Crippen LogP contribution in [0.3, 0.4) is 0 Å². The molecule has 2 rings (SSSR count). The van der Waals surface area contributed by atoms with Gasteiger partial charge in [-0.2, -0.15) is 0 Å². The Labute approximate surface area is 65.0 Å². The summed E-state index contributed by atoms with van der Waals surface area (Å²) in [5.74, 6) is -0.509. The number of carboxylic acids is 1. The van der Waals surface area contributed by atoms with Crippen molar-refractivity contribution in [3.8, 4) is 0 Å². The van der Waals surface area contributed by atoms with E-state index in [1.807, 2.05) is 4.90 Å². The minimum absolute atomic E-state index is 0.181. The van der Waals surface area contributed by atoms with Crippen LogP contribution in [0.15, 0.2) is 0 Å². The SMILES string of the molecule is NCC1CCN2C[C@@]12C(=O)O. The molecule has 2 saturated heterocycles. The van der Waals surface area contributed by atoms with E-state index in [1.165, 1.54) is 0 Å². The molecule has 0 amide bonds. The van der Waals surface area contributed by atoms with Crippen LogP contribution in [-0.4, -0.2) is 41.1 Å². The lowest BCUT2D eigenvalue weighted by Gasteiger charge is -2.14. The predicted molar refractivity (Wildman–Crippen MR) is 39.1 cm³/mol. The zero-order chi connectivity index (χ0) is 8.06. The molecule has 0 saturated carbocycles. The van der Waals surface area contributed by atoms with Gasteiger partial charge < -0.3 is 10.8 Å². The maximum atomic E-state index is 10.8. The molecule has 2 heterocycles. The van der Waals surface area contributed by atoms with Crippen LogP contribution in [0, 0.1) is 5.92 Å². The van der Waals surface area contributed by atoms with Crippen LogP contribution in [0.4, 0.5) is 0 Å². The number of carbonyl (C=O) groups is 1. The van der Waals surface area contributed by atoms with Gasteiger partial charge in [0.05, 0.1) is 0 Å². The first-order valence-corrected chi connectivity index (χ1v) is 3.90. The number of nitrogens with two attached hydrogens (primary N) is 1. The zero-order valence-corrected chi connectivity index (χ0v) is 6.29. The molecule has 4 nitrogen and oxygen atoms in total. The maximum Gasteiger partial charge on any atom is 0.325 e. The Kier molecular flexibility index (Phi) is 1.25. The van der Waals surface area contributed by atoms with Crippen molar-refractivity contribution in [3.05, 3.63) is 0 Å². The van der Waals surface area contributed by atoms with Gasteiger partial charge in [-0.15, -0.1) is 0 Å². The van der Waals surface area contributed by atoms with Crippen LogP contribution in [0.25, 0.3) is 0 Å². The molecule has 0 aromatic heterocycles. The second kappa shape index (κ2) is 1.95. The first kappa shape index (κ1) is 7.06. The number of piperidine rings is 1. The van der Waals surface area contributed by atoms with Gasteiger partial charge in [0.25, 0.3) is 0 Å². The Balaban J connectivity index is 2.20. The lowest BCUT2D eigenvalue weighted by molar-refractivity contribution is -0.142. The minimum Gasteiger partial charge on any atom is -0.480 e. The summed E-state index contributed by atoms with van der Waals surface area (Å²) in [5, 5.41) is 8.92. The van der Waals surface area contributed by atoms with Crippen molar-refractivity contribution in [3.63, 3.8) is 0 Å². The van der Waals surface area contributed by atoms with E-state index in [0.717, 1.165) is 13.0 Å². The summed E-state index contributed by atoms with van der Waals surface area (Å²) in [5.41, 5.74) is 4.94. The first-order valence-electron chi connectivity index (χ1n) is 3.90. The van der Waals surface area contributed by atoms with Gasteiger partial charge in [-0.05, 0) is 19.5 Å². The van der Waals surface area contributed by atoms with E-state index in [4.69, 9.17) is 10.8 Å². The van der Waals surface area contributed by atoms with Crippen molar-refractivity contribution >= 4 is 5.97 Å². The highest BCUT2D eigenvalue weighted by Gasteiger charge is 2.66. The summed E-state index contributed by atoms with van der Waals surface area (Å²) in [7, 11) is 0. The summed E-state index contributed by atoms with van der Waals surface area (Å²) in [4.78, 5) is 12.8. The fourth-order valence-electron chi connectivity index (χ4n) is 2.16. The van der Waals surface area contributed by atoms with Gasteiger partial charge in [-0.25, -0.2) is 0 Å². The molecule has 3 N–H and O–H groups in total.